The van der Waals surface area contributed by atoms with Gasteiger partial charge in [-0.3, -0.25) is 9.78 Å². The highest BCUT2D eigenvalue weighted by molar-refractivity contribution is 5.93. The number of hydrogen-bond donors (Lipinski definition) is 1. The minimum absolute atomic E-state index is 0.0698. The molecule has 0 bridgehead atoms. The van der Waals surface area contributed by atoms with E-state index in [0.717, 1.165) is 42.5 Å². The Balaban J connectivity index is 1.78. The van der Waals surface area contributed by atoms with Gasteiger partial charge < -0.3 is 10.2 Å². The number of amides is 1. The third-order valence-corrected chi connectivity index (χ3v) is 4.04. The SMILES string of the molecule is CCCN(CCC)C(=O)c1cnc(Nc2cccc3cccnc23)cn1. The molecule has 0 saturated carbocycles. The van der Waals surface area contributed by atoms with Gasteiger partial charge in [0.1, 0.15) is 11.5 Å². The van der Waals surface area contributed by atoms with Crippen molar-refractivity contribution in [1.82, 2.24) is 19.9 Å². The highest BCUT2D eigenvalue weighted by Crippen LogP contribution is 2.23. The fourth-order valence-electron chi connectivity index (χ4n) is 2.86. The number of para-hydroxylation sites is 1. The molecule has 0 radical (unpaired) electrons. The third kappa shape index (κ3) is 3.96. The molecule has 0 aliphatic rings. The van der Waals surface area contributed by atoms with Crippen LogP contribution >= 0.6 is 0 Å². The molecule has 0 atom stereocenters. The molecule has 6 nitrogen and oxygen atoms in total. The molecular weight excluding hydrogens is 326 g/mol. The maximum atomic E-state index is 12.6. The average molecular weight is 349 g/mol. The van der Waals surface area contributed by atoms with Gasteiger partial charge >= 0.3 is 0 Å². The summed E-state index contributed by atoms with van der Waals surface area (Å²) >= 11 is 0. The molecule has 0 aliphatic carbocycles. The van der Waals surface area contributed by atoms with Gasteiger partial charge in [-0.1, -0.05) is 32.0 Å². The summed E-state index contributed by atoms with van der Waals surface area (Å²) in [5.74, 6) is 0.511. The summed E-state index contributed by atoms with van der Waals surface area (Å²) in [6, 6.07) is 9.84. The summed E-state index contributed by atoms with van der Waals surface area (Å²) < 4.78 is 0. The zero-order chi connectivity index (χ0) is 18.4. The summed E-state index contributed by atoms with van der Waals surface area (Å²) in [7, 11) is 0. The van der Waals surface area contributed by atoms with Gasteiger partial charge in [0.2, 0.25) is 0 Å². The van der Waals surface area contributed by atoms with E-state index in [1.165, 1.54) is 6.20 Å². The lowest BCUT2D eigenvalue weighted by atomic mass is 10.2. The molecule has 26 heavy (non-hydrogen) atoms. The van der Waals surface area contributed by atoms with Gasteiger partial charge in [0.15, 0.2) is 0 Å². The molecule has 2 aromatic heterocycles. The van der Waals surface area contributed by atoms with Crippen molar-refractivity contribution in [3.63, 3.8) is 0 Å². The number of benzene rings is 1. The summed E-state index contributed by atoms with van der Waals surface area (Å²) in [6.45, 7) is 5.59. The van der Waals surface area contributed by atoms with Crippen LogP contribution in [0.5, 0.6) is 0 Å². The highest BCUT2D eigenvalue weighted by atomic mass is 16.2. The van der Waals surface area contributed by atoms with E-state index in [-0.39, 0.29) is 5.91 Å². The zero-order valence-electron chi connectivity index (χ0n) is 15.1. The van der Waals surface area contributed by atoms with Crippen LogP contribution in [0, 0.1) is 0 Å². The number of anilines is 2. The van der Waals surface area contributed by atoms with Gasteiger partial charge in [-0.05, 0) is 25.0 Å². The number of fused-ring (bicyclic) bond motifs is 1. The second-order valence-electron chi connectivity index (χ2n) is 6.08. The van der Waals surface area contributed by atoms with Crippen LogP contribution in [0.15, 0.2) is 48.9 Å². The van der Waals surface area contributed by atoms with Crippen LogP contribution in [0.3, 0.4) is 0 Å². The fourth-order valence-corrected chi connectivity index (χ4v) is 2.86. The molecule has 3 rings (SSSR count). The predicted octanol–water partition coefficient (Wildman–Crippen LogP) is 4.03. The number of pyridine rings is 1. The van der Waals surface area contributed by atoms with Crippen LogP contribution < -0.4 is 5.32 Å². The number of rotatable bonds is 7. The molecule has 6 heteroatoms. The first kappa shape index (κ1) is 17.8. The van der Waals surface area contributed by atoms with Crippen molar-refractivity contribution in [2.75, 3.05) is 18.4 Å². The Morgan fingerprint density at radius 2 is 1.77 bits per heavy atom. The van der Waals surface area contributed by atoms with Crippen LogP contribution in [0.2, 0.25) is 0 Å². The standard InChI is InChI=1S/C20H23N5O/c1-3-11-25(12-4-2)20(26)17-13-23-18(14-22-17)24-16-9-5-7-15-8-6-10-21-19(15)16/h5-10,13-14H,3-4,11-12H2,1-2H3,(H,23,24). The number of carbonyl (C=O) groups is 1. The second-order valence-corrected chi connectivity index (χ2v) is 6.08. The molecule has 0 aliphatic heterocycles. The van der Waals surface area contributed by atoms with Crippen molar-refractivity contribution in [1.29, 1.82) is 0 Å². The van der Waals surface area contributed by atoms with Crippen molar-refractivity contribution in [3.8, 4) is 0 Å². The van der Waals surface area contributed by atoms with Crippen LogP contribution in [0.1, 0.15) is 37.2 Å². The summed E-state index contributed by atoms with van der Waals surface area (Å²) in [6.07, 6.45) is 6.73. The maximum Gasteiger partial charge on any atom is 0.274 e. The quantitative estimate of drug-likeness (QED) is 0.697. The van der Waals surface area contributed by atoms with E-state index in [0.29, 0.717) is 11.5 Å². The van der Waals surface area contributed by atoms with Crippen LogP contribution in [-0.4, -0.2) is 38.8 Å². The Morgan fingerprint density at radius 3 is 2.46 bits per heavy atom. The molecule has 2 heterocycles. The Morgan fingerprint density at radius 1 is 1.00 bits per heavy atom. The number of aromatic nitrogens is 3. The number of carbonyl (C=O) groups excluding carboxylic acids is 1. The van der Waals surface area contributed by atoms with Gasteiger partial charge in [0.25, 0.3) is 5.91 Å². The molecule has 1 N–H and O–H groups in total. The lowest BCUT2D eigenvalue weighted by molar-refractivity contribution is 0.0749. The Kier molecular flexibility index (Phi) is 5.73. The maximum absolute atomic E-state index is 12.6. The van der Waals surface area contributed by atoms with Crippen LogP contribution in [0.25, 0.3) is 10.9 Å². The number of hydrogen-bond acceptors (Lipinski definition) is 5. The van der Waals surface area contributed by atoms with E-state index in [4.69, 9.17) is 0 Å². The molecule has 1 amide bonds. The number of nitrogens with one attached hydrogen (secondary N) is 1. The number of nitrogens with zero attached hydrogens (tertiary/aromatic N) is 4. The topological polar surface area (TPSA) is 71.0 Å². The van der Waals surface area contributed by atoms with Crippen LogP contribution in [0.4, 0.5) is 11.5 Å². The van der Waals surface area contributed by atoms with Gasteiger partial charge in [-0.15, -0.1) is 0 Å². The Bertz CT molecular complexity index is 868. The van der Waals surface area contributed by atoms with E-state index >= 15 is 0 Å². The van der Waals surface area contributed by atoms with Crippen molar-refractivity contribution in [2.24, 2.45) is 0 Å². The predicted molar refractivity (Wildman–Crippen MR) is 104 cm³/mol. The van der Waals surface area contributed by atoms with Gasteiger partial charge in [0, 0.05) is 24.7 Å². The summed E-state index contributed by atoms with van der Waals surface area (Å²) in [5, 5.41) is 4.28. The Hall–Kier alpha value is -3.02. The molecular formula is C20H23N5O. The third-order valence-electron chi connectivity index (χ3n) is 4.04. The fraction of sp³-hybridized carbons (Fsp3) is 0.300. The van der Waals surface area contributed by atoms with Crippen LogP contribution in [-0.2, 0) is 0 Å². The van der Waals surface area contributed by atoms with Crippen molar-refractivity contribution < 1.29 is 4.79 Å². The first-order chi connectivity index (χ1) is 12.7. The van der Waals surface area contributed by atoms with Crippen molar-refractivity contribution in [2.45, 2.75) is 26.7 Å². The highest BCUT2D eigenvalue weighted by Gasteiger charge is 2.16. The van der Waals surface area contributed by atoms with E-state index in [9.17, 15) is 4.79 Å². The Labute approximate surface area is 153 Å². The van der Waals surface area contributed by atoms with Crippen molar-refractivity contribution >= 4 is 28.3 Å². The molecule has 1 aromatic carbocycles. The normalized spacial score (nSPS) is 10.7. The minimum atomic E-state index is -0.0698. The average Bonchev–Trinajstić information content (AvgIpc) is 2.68. The van der Waals surface area contributed by atoms with E-state index in [2.05, 4.69) is 34.1 Å². The van der Waals surface area contributed by atoms with E-state index in [1.54, 1.807) is 12.4 Å². The largest absolute Gasteiger partial charge is 0.337 e. The van der Waals surface area contributed by atoms with E-state index < -0.39 is 0 Å². The summed E-state index contributed by atoms with van der Waals surface area (Å²) in [5.41, 5.74) is 2.09. The smallest absolute Gasteiger partial charge is 0.274 e. The van der Waals surface area contributed by atoms with Gasteiger partial charge in [0.05, 0.1) is 23.6 Å². The molecule has 0 saturated heterocycles. The monoisotopic (exact) mass is 349 g/mol. The first-order valence-electron chi connectivity index (χ1n) is 8.95. The second kappa shape index (κ2) is 8.38. The molecule has 0 fully saturated rings. The van der Waals surface area contributed by atoms with E-state index in [1.807, 2.05) is 35.2 Å². The summed E-state index contributed by atoms with van der Waals surface area (Å²) in [4.78, 5) is 27.5. The lowest BCUT2D eigenvalue weighted by Gasteiger charge is -2.20. The zero-order valence-corrected chi connectivity index (χ0v) is 15.1. The molecule has 0 spiro atoms. The lowest BCUT2D eigenvalue weighted by Crippen LogP contribution is -2.33. The van der Waals surface area contributed by atoms with Gasteiger partial charge in [-0.2, -0.15) is 0 Å². The van der Waals surface area contributed by atoms with Gasteiger partial charge in [-0.25, -0.2) is 9.97 Å². The van der Waals surface area contributed by atoms with Crippen molar-refractivity contribution in [3.05, 3.63) is 54.6 Å². The molecule has 0 unspecified atom stereocenters. The molecule has 3 aromatic rings. The minimum Gasteiger partial charge on any atom is -0.337 e. The first-order valence-corrected chi connectivity index (χ1v) is 8.95. The molecule has 134 valence electrons.